The first-order valence-electron chi connectivity index (χ1n) is 10.1. The van der Waals surface area contributed by atoms with Crippen LogP contribution in [0.5, 0.6) is 0 Å². The summed E-state index contributed by atoms with van der Waals surface area (Å²) in [5.74, 6) is -0.270. The van der Waals surface area contributed by atoms with E-state index in [0.717, 1.165) is 0 Å². The van der Waals surface area contributed by atoms with Crippen LogP contribution in [0, 0.1) is 10.1 Å². The fourth-order valence-corrected chi connectivity index (χ4v) is 3.59. The number of hydrogen-bond acceptors (Lipinski definition) is 10. The van der Waals surface area contributed by atoms with Gasteiger partial charge in [0.1, 0.15) is 12.9 Å². The highest BCUT2D eigenvalue weighted by Gasteiger charge is 2.34. The quantitative estimate of drug-likeness (QED) is 0.349. The number of hydrogen-bond donors (Lipinski definition) is 0. The van der Waals surface area contributed by atoms with Crippen LogP contribution >= 0.6 is 0 Å². The third-order valence-electron chi connectivity index (χ3n) is 4.69. The van der Waals surface area contributed by atoms with E-state index < -0.39 is 10.9 Å². The number of nitrogens with zero attached hydrogens (tertiary/aromatic N) is 6. The van der Waals surface area contributed by atoms with Gasteiger partial charge in [-0.3, -0.25) is 19.9 Å². The summed E-state index contributed by atoms with van der Waals surface area (Å²) >= 11 is 0. The van der Waals surface area contributed by atoms with Gasteiger partial charge in [-0.05, 0) is 32.9 Å². The molecule has 2 atom stereocenters. The Morgan fingerprint density at radius 1 is 1.29 bits per heavy atom. The Labute approximate surface area is 180 Å². The fraction of sp³-hybridized carbons (Fsp3) is 0.500. The highest BCUT2D eigenvalue weighted by Crippen LogP contribution is 2.36. The van der Waals surface area contributed by atoms with Gasteiger partial charge in [-0.25, -0.2) is 9.97 Å². The molecule has 3 heterocycles. The van der Waals surface area contributed by atoms with Crippen LogP contribution in [0.1, 0.15) is 26.5 Å². The molecule has 0 saturated carbocycles. The minimum Gasteiger partial charge on any atom is -0.465 e. The number of ether oxygens (including phenoxy) is 2. The van der Waals surface area contributed by atoms with E-state index in [9.17, 15) is 14.9 Å². The predicted octanol–water partition coefficient (Wildman–Crippen LogP) is 1.96. The average molecular weight is 430 g/mol. The van der Waals surface area contributed by atoms with Crippen molar-refractivity contribution in [2.75, 3.05) is 36.0 Å². The number of esters is 1. The largest absolute Gasteiger partial charge is 0.465 e. The van der Waals surface area contributed by atoms with Gasteiger partial charge >= 0.3 is 11.7 Å². The molecule has 2 aromatic heterocycles. The minimum absolute atomic E-state index is 0.0421. The number of nitro groups is 1. The number of morpholine rings is 1. The third kappa shape index (κ3) is 5.63. The van der Waals surface area contributed by atoms with Crippen LogP contribution in [-0.4, -0.2) is 64.3 Å². The summed E-state index contributed by atoms with van der Waals surface area (Å²) in [5.41, 5.74) is 0.374. The van der Waals surface area contributed by atoms with Crippen LogP contribution < -0.4 is 9.80 Å². The standard InChI is InChI=1S/C20H26N6O5/c1-4-30-17(27)12-25(11-16-7-5-6-8-21-16)20-18(26(28)29)19(22-13-23-20)24-9-14(2)31-15(3)10-24/h5-8,13-15H,4,9-12H2,1-3H3. The van der Waals surface area contributed by atoms with Gasteiger partial charge in [-0.2, -0.15) is 0 Å². The van der Waals surface area contributed by atoms with Crippen molar-refractivity contribution in [1.82, 2.24) is 15.0 Å². The van der Waals surface area contributed by atoms with Crippen molar-refractivity contribution in [1.29, 1.82) is 0 Å². The maximum Gasteiger partial charge on any atom is 0.353 e. The third-order valence-corrected chi connectivity index (χ3v) is 4.69. The molecule has 1 saturated heterocycles. The summed E-state index contributed by atoms with van der Waals surface area (Å²) in [6.07, 6.45) is 2.68. The van der Waals surface area contributed by atoms with E-state index in [1.165, 1.54) is 11.2 Å². The molecule has 166 valence electrons. The normalized spacial score (nSPS) is 18.5. The molecule has 1 aliphatic heterocycles. The predicted molar refractivity (Wildman–Crippen MR) is 113 cm³/mol. The Morgan fingerprint density at radius 2 is 2.03 bits per heavy atom. The lowest BCUT2D eigenvalue weighted by Gasteiger charge is -2.36. The molecule has 0 spiro atoms. The van der Waals surface area contributed by atoms with E-state index in [-0.39, 0.29) is 49.2 Å². The SMILES string of the molecule is CCOC(=O)CN(Cc1ccccn1)c1ncnc(N2CC(C)OC(C)C2)c1[N+](=O)[O-]. The first-order chi connectivity index (χ1) is 14.9. The number of aromatic nitrogens is 3. The van der Waals surface area contributed by atoms with Crippen LogP contribution in [0.25, 0.3) is 0 Å². The lowest BCUT2D eigenvalue weighted by molar-refractivity contribution is -0.383. The van der Waals surface area contributed by atoms with Gasteiger partial charge in [0.2, 0.25) is 11.6 Å². The maximum absolute atomic E-state index is 12.2. The highest BCUT2D eigenvalue weighted by atomic mass is 16.6. The summed E-state index contributed by atoms with van der Waals surface area (Å²) in [6.45, 7) is 6.57. The summed E-state index contributed by atoms with van der Waals surface area (Å²) < 4.78 is 10.8. The molecule has 3 rings (SSSR count). The molecule has 11 heteroatoms. The molecule has 2 aromatic rings. The Kier molecular flexibility index (Phi) is 7.29. The molecule has 0 aromatic carbocycles. The first kappa shape index (κ1) is 22.3. The van der Waals surface area contributed by atoms with Crippen LogP contribution in [-0.2, 0) is 20.8 Å². The van der Waals surface area contributed by atoms with Gasteiger partial charge in [0.15, 0.2) is 0 Å². The van der Waals surface area contributed by atoms with Crippen molar-refractivity contribution in [3.63, 3.8) is 0 Å². The van der Waals surface area contributed by atoms with Gasteiger partial charge in [0, 0.05) is 19.3 Å². The lowest BCUT2D eigenvalue weighted by atomic mass is 10.2. The number of anilines is 2. The Morgan fingerprint density at radius 3 is 2.65 bits per heavy atom. The Balaban J connectivity index is 2.02. The van der Waals surface area contributed by atoms with E-state index in [1.54, 1.807) is 31.3 Å². The fourth-order valence-electron chi connectivity index (χ4n) is 3.59. The highest BCUT2D eigenvalue weighted by molar-refractivity contribution is 5.79. The summed E-state index contributed by atoms with van der Waals surface area (Å²) in [4.78, 5) is 39.9. The minimum atomic E-state index is -0.512. The number of rotatable bonds is 8. The molecule has 2 unspecified atom stereocenters. The molecule has 1 fully saturated rings. The van der Waals surface area contributed by atoms with Gasteiger partial charge in [0.05, 0.1) is 36.0 Å². The first-order valence-corrected chi connectivity index (χ1v) is 10.1. The Bertz CT molecular complexity index is 902. The average Bonchev–Trinajstić information content (AvgIpc) is 2.73. The van der Waals surface area contributed by atoms with Crippen LogP contribution in [0.15, 0.2) is 30.7 Å². The second kappa shape index (κ2) is 10.1. The molecule has 0 radical (unpaired) electrons. The van der Waals surface area contributed by atoms with Gasteiger partial charge in [-0.15, -0.1) is 0 Å². The molecule has 0 N–H and O–H groups in total. The number of pyridine rings is 1. The number of carbonyl (C=O) groups excluding carboxylic acids is 1. The molecule has 1 aliphatic rings. The second-order valence-electron chi connectivity index (χ2n) is 7.27. The molecular weight excluding hydrogens is 404 g/mol. The van der Waals surface area contributed by atoms with Crippen molar-refractivity contribution < 1.29 is 19.2 Å². The summed E-state index contributed by atoms with van der Waals surface area (Å²) in [5, 5.41) is 12.1. The molecule has 0 aliphatic carbocycles. The van der Waals surface area contributed by atoms with E-state index in [1.807, 2.05) is 18.7 Å². The molecule has 11 nitrogen and oxygen atoms in total. The van der Waals surface area contributed by atoms with E-state index in [0.29, 0.717) is 18.8 Å². The van der Waals surface area contributed by atoms with Crippen LogP contribution in [0.3, 0.4) is 0 Å². The maximum atomic E-state index is 12.2. The van der Waals surface area contributed by atoms with Gasteiger partial charge in [0.25, 0.3) is 0 Å². The van der Waals surface area contributed by atoms with Crippen molar-refractivity contribution in [3.8, 4) is 0 Å². The van der Waals surface area contributed by atoms with E-state index in [4.69, 9.17) is 9.47 Å². The molecule has 31 heavy (non-hydrogen) atoms. The van der Waals surface area contributed by atoms with Crippen molar-refractivity contribution >= 4 is 23.3 Å². The number of carbonyl (C=O) groups is 1. The smallest absolute Gasteiger partial charge is 0.353 e. The zero-order valence-electron chi connectivity index (χ0n) is 17.8. The molecule has 0 bridgehead atoms. The summed E-state index contributed by atoms with van der Waals surface area (Å²) in [7, 11) is 0. The van der Waals surface area contributed by atoms with Gasteiger partial charge < -0.3 is 19.3 Å². The zero-order valence-corrected chi connectivity index (χ0v) is 17.8. The van der Waals surface area contributed by atoms with Crippen molar-refractivity contribution in [2.45, 2.75) is 39.5 Å². The monoisotopic (exact) mass is 430 g/mol. The van der Waals surface area contributed by atoms with Crippen molar-refractivity contribution in [3.05, 3.63) is 46.5 Å². The topological polar surface area (TPSA) is 124 Å². The summed E-state index contributed by atoms with van der Waals surface area (Å²) in [6, 6.07) is 5.35. The van der Waals surface area contributed by atoms with E-state index in [2.05, 4.69) is 15.0 Å². The van der Waals surface area contributed by atoms with Crippen LogP contribution in [0.2, 0.25) is 0 Å². The lowest BCUT2D eigenvalue weighted by Crippen LogP contribution is -2.46. The Hall–Kier alpha value is -3.34. The molecular formula is C20H26N6O5. The zero-order chi connectivity index (χ0) is 22.4. The molecule has 0 amide bonds. The second-order valence-corrected chi connectivity index (χ2v) is 7.27. The van der Waals surface area contributed by atoms with Crippen molar-refractivity contribution in [2.24, 2.45) is 0 Å². The van der Waals surface area contributed by atoms with Gasteiger partial charge in [-0.1, -0.05) is 6.07 Å². The van der Waals surface area contributed by atoms with E-state index >= 15 is 0 Å². The van der Waals surface area contributed by atoms with Crippen LogP contribution in [0.4, 0.5) is 17.3 Å².